The van der Waals surface area contributed by atoms with E-state index < -0.39 is 66.2 Å². The zero-order chi connectivity index (χ0) is 35.5. The summed E-state index contributed by atoms with van der Waals surface area (Å²) in [4.78, 5) is 45.9. The predicted octanol–water partition coefficient (Wildman–Crippen LogP) is 0.495. The molecule has 3 aliphatic rings. The average molecular weight is 708 g/mol. The number of amides is 2. The molecule has 0 spiro atoms. The van der Waals surface area contributed by atoms with Crippen molar-refractivity contribution in [1.29, 1.82) is 0 Å². The number of oxime groups is 1. The Bertz CT molecular complexity index is 1400. The van der Waals surface area contributed by atoms with E-state index in [1.165, 1.54) is 6.07 Å². The fourth-order valence-electron chi connectivity index (χ4n) is 5.64. The van der Waals surface area contributed by atoms with Gasteiger partial charge in [0.15, 0.2) is 6.61 Å². The summed E-state index contributed by atoms with van der Waals surface area (Å²) in [6.45, 7) is 2.07. The molecule has 7 atom stereocenters. The first-order chi connectivity index (χ1) is 23.5. The molecule has 2 amide bonds. The summed E-state index contributed by atoms with van der Waals surface area (Å²) in [7, 11) is 0. The Morgan fingerprint density at radius 2 is 1.82 bits per heavy atom. The standard InChI is InChI=1S/C33H45N3O12S/c1-19-7-5-8-21(34-26(40)18-49-33-31(44)30(43)29(42)25(16-37)48-33)9-6-10-22(35-46-17-27(41)36-11-3-2-4-12-36)13-20-14-23(38)15-24(39)28(20)32(45)47-19/h5-6,8,10,14-15,19,21,25,29-31,33,37-39,42-44H,2-4,7,9,11-13,16-18H2,1H3,(H,34,40)/b8-5+,10-6+,35-22-/t19-,21-,25?,29-,30+,31?,33+/m1/s1. The number of esters is 1. The number of fused-ring (bicyclic) bond motifs is 1. The number of aliphatic hydroxyl groups excluding tert-OH is 4. The van der Waals surface area contributed by atoms with Gasteiger partial charge in [-0.3, -0.25) is 9.59 Å². The van der Waals surface area contributed by atoms with Crippen molar-refractivity contribution in [3.63, 3.8) is 0 Å². The molecule has 3 aliphatic heterocycles. The number of carbonyl (C=O) groups excluding carboxylic acids is 3. The lowest BCUT2D eigenvalue weighted by atomic mass is 9.99. The fourth-order valence-corrected chi connectivity index (χ4v) is 6.62. The number of hydrogen-bond acceptors (Lipinski definition) is 14. The first kappa shape index (κ1) is 38.1. The van der Waals surface area contributed by atoms with Crippen LogP contribution in [0.3, 0.4) is 0 Å². The largest absolute Gasteiger partial charge is 0.508 e. The van der Waals surface area contributed by atoms with E-state index in [0.717, 1.165) is 37.1 Å². The lowest BCUT2D eigenvalue weighted by molar-refractivity contribution is -0.205. The zero-order valence-electron chi connectivity index (χ0n) is 27.2. The molecule has 2 saturated heterocycles. The molecule has 0 aliphatic carbocycles. The molecular formula is C33H45N3O12S. The molecule has 4 rings (SSSR count). The van der Waals surface area contributed by atoms with Gasteiger partial charge in [0.05, 0.1) is 24.1 Å². The molecule has 2 fully saturated rings. The summed E-state index contributed by atoms with van der Waals surface area (Å²) in [6.07, 6.45) is 3.85. The van der Waals surface area contributed by atoms with E-state index in [-0.39, 0.29) is 60.1 Å². The minimum absolute atomic E-state index is 0.0855. The van der Waals surface area contributed by atoms with Crippen molar-refractivity contribution in [2.24, 2.45) is 5.16 Å². The number of cyclic esters (lactones) is 1. The number of carbonyl (C=O) groups is 3. The molecule has 16 heteroatoms. The normalized spacial score (nSPS) is 30.4. The second-order valence-corrected chi connectivity index (χ2v) is 13.3. The minimum atomic E-state index is -1.56. The summed E-state index contributed by atoms with van der Waals surface area (Å²) in [5.74, 6) is -2.39. The number of thioether (sulfide) groups is 1. The summed E-state index contributed by atoms with van der Waals surface area (Å²) in [5, 5.41) is 67.6. The van der Waals surface area contributed by atoms with Gasteiger partial charge in [-0.05, 0) is 50.3 Å². The molecule has 7 N–H and O–H groups in total. The predicted molar refractivity (Wildman–Crippen MR) is 178 cm³/mol. The highest BCUT2D eigenvalue weighted by Crippen LogP contribution is 2.30. The average Bonchev–Trinajstić information content (AvgIpc) is 3.06. The molecule has 0 saturated carbocycles. The number of phenolic OH excluding ortho intramolecular Hbond substituents is 2. The van der Waals surface area contributed by atoms with Crippen LogP contribution >= 0.6 is 11.8 Å². The minimum Gasteiger partial charge on any atom is -0.508 e. The Morgan fingerprint density at radius 1 is 1.06 bits per heavy atom. The van der Waals surface area contributed by atoms with Gasteiger partial charge in [-0.25, -0.2) is 4.79 Å². The Morgan fingerprint density at radius 3 is 2.55 bits per heavy atom. The van der Waals surface area contributed by atoms with Gasteiger partial charge >= 0.3 is 5.97 Å². The molecule has 49 heavy (non-hydrogen) atoms. The molecule has 270 valence electrons. The third kappa shape index (κ3) is 10.9. The van der Waals surface area contributed by atoms with Crippen LogP contribution in [0.5, 0.6) is 11.5 Å². The Labute approximate surface area is 288 Å². The van der Waals surface area contributed by atoms with E-state index in [9.17, 15) is 45.0 Å². The third-order valence-electron chi connectivity index (χ3n) is 8.26. The number of likely N-dealkylation sites (tertiary alicyclic amines) is 1. The number of allylic oxidation sites excluding steroid dienone is 1. The van der Waals surface area contributed by atoms with Gasteiger partial charge in [0, 0.05) is 32.0 Å². The smallest absolute Gasteiger partial charge is 0.342 e. The highest BCUT2D eigenvalue weighted by Gasteiger charge is 2.43. The van der Waals surface area contributed by atoms with Crippen molar-refractivity contribution in [1.82, 2.24) is 10.2 Å². The topological polar surface area (TPSA) is 228 Å². The number of nitrogens with one attached hydrogen (secondary N) is 1. The van der Waals surface area contributed by atoms with Gasteiger partial charge < -0.3 is 55.2 Å². The number of hydrogen-bond donors (Lipinski definition) is 7. The van der Waals surface area contributed by atoms with Gasteiger partial charge in [-0.15, -0.1) is 11.8 Å². The van der Waals surface area contributed by atoms with Crippen LogP contribution in [0.2, 0.25) is 0 Å². The second-order valence-electron chi connectivity index (χ2n) is 12.2. The van der Waals surface area contributed by atoms with Crippen LogP contribution in [0.25, 0.3) is 0 Å². The first-order valence-electron chi connectivity index (χ1n) is 16.2. The summed E-state index contributed by atoms with van der Waals surface area (Å²) in [5.41, 5.74) is -0.744. The molecule has 3 heterocycles. The Balaban J connectivity index is 1.50. The van der Waals surface area contributed by atoms with Gasteiger partial charge in [0.2, 0.25) is 5.91 Å². The number of rotatable bonds is 8. The van der Waals surface area contributed by atoms with Gasteiger partial charge in [-0.2, -0.15) is 0 Å². The summed E-state index contributed by atoms with van der Waals surface area (Å²) < 4.78 is 11.0. The van der Waals surface area contributed by atoms with Crippen molar-refractivity contribution in [3.8, 4) is 11.5 Å². The summed E-state index contributed by atoms with van der Waals surface area (Å²) >= 11 is 0.900. The first-order valence-corrected chi connectivity index (χ1v) is 17.3. The Hall–Kier alpha value is -3.67. The SMILES string of the molecule is C[C@@H]1C/C=C/[C@@H](NC(=O)CS[C@@H]2OC(CO)[C@@H](O)[C@H](O)C2O)C/C=C/C(=N/OCC(=O)N2CCCCC2)Cc2cc(O)cc(O)c2C(=O)O1. The van der Waals surface area contributed by atoms with Gasteiger partial charge in [0.25, 0.3) is 5.91 Å². The number of phenols is 2. The maximum absolute atomic E-state index is 13.2. The highest BCUT2D eigenvalue weighted by molar-refractivity contribution is 8.00. The quantitative estimate of drug-likeness (QED) is 0.111. The van der Waals surface area contributed by atoms with Crippen molar-refractivity contribution < 1.29 is 59.3 Å². The van der Waals surface area contributed by atoms with Crippen molar-refractivity contribution >= 4 is 35.3 Å². The van der Waals surface area contributed by atoms with Crippen LogP contribution in [0, 0.1) is 0 Å². The van der Waals surface area contributed by atoms with E-state index in [0.29, 0.717) is 13.1 Å². The molecule has 0 bridgehead atoms. The Kier molecular flexibility index (Phi) is 14.3. The number of nitrogens with zero attached hydrogens (tertiary/aromatic N) is 2. The lowest BCUT2D eigenvalue weighted by Gasteiger charge is -2.39. The van der Waals surface area contributed by atoms with Crippen LogP contribution in [0.15, 0.2) is 41.6 Å². The van der Waals surface area contributed by atoms with E-state index in [2.05, 4.69) is 10.5 Å². The van der Waals surface area contributed by atoms with E-state index >= 15 is 0 Å². The zero-order valence-corrected chi connectivity index (χ0v) is 28.0. The molecule has 0 radical (unpaired) electrons. The summed E-state index contributed by atoms with van der Waals surface area (Å²) in [6, 6.07) is 1.80. The van der Waals surface area contributed by atoms with Crippen LogP contribution < -0.4 is 5.32 Å². The molecule has 1 aromatic carbocycles. The van der Waals surface area contributed by atoms with E-state index in [1.807, 2.05) is 0 Å². The highest BCUT2D eigenvalue weighted by atomic mass is 32.2. The monoisotopic (exact) mass is 707 g/mol. The molecule has 1 aromatic rings. The third-order valence-corrected chi connectivity index (χ3v) is 9.40. The molecule has 15 nitrogen and oxygen atoms in total. The maximum Gasteiger partial charge on any atom is 0.342 e. The number of aromatic hydroxyl groups is 2. The molecule has 0 aromatic heterocycles. The van der Waals surface area contributed by atoms with E-state index in [4.69, 9.17) is 14.3 Å². The van der Waals surface area contributed by atoms with E-state index in [1.54, 1.807) is 36.1 Å². The van der Waals surface area contributed by atoms with Crippen LogP contribution in [0.4, 0.5) is 0 Å². The van der Waals surface area contributed by atoms with Crippen molar-refractivity contribution in [2.75, 3.05) is 32.1 Å². The number of aliphatic hydroxyl groups is 4. The lowest BCUT2D eigenvalue weighted by Crippen LogP contribution is -2.57. The van der Waals surface area contributed by atoms with Gasteiger partial charge in [0.1, 0.15) is 53.0 Å². The molecule has 2 unspecified atom stereocenters. The number of benzene rings is 1. The van der Waals surface area contributed by atoms with Gasteiger partial charge in [-0.1, -0.05) is 23.4 Å². The molecular weight excluding hydrogens is 662 g/mol. The van der Waals surface area contributed by atoms with Crippen molar-refractivity contribution in [3.05, 3.63) is 47.6 Å². The second kappa shape index (κ2) is 18.4. The number of ether oxygens (including phenoxy) is 2. The van der Waals surface area contributed by atoms with Crippen LogP contribution in [0.1, 0.15) is 54.9 Å². The number of piperidine rings is 1. The van der Waals surface area contributed by atoms with Crippen LogP contribution in [-0.4, -0.2) is 133 Å². The fraction of sp³-hybridized carbons (Fsp3) is 0.576. The van der Waals surface area contributed by atoms with Crippen molar-refractivity contribution in [2.45, 2.75) is 87.4 Å². The van der Waals surface area contributed by atoms with Crippen LogP contribution in [-0.2, 0) is 30.3 Å². The maximum atomic E-state index is 13.2.